The van der Waals surface area contributed by atoms with Gasteiger partial charge in [0.1, 0.15) is 12.4 Å². The van der Waals surface area contributed by atoms with Crippen molar-refractivity contribution < 1.29 is 9.47 Å². The third-order valence-electron chi connectivity index (χ3n) is 5.38. The highest BCUT2D eigenvalue weighted by Crippen LogP contribution is 2.34. The Labute approximate surface area is 179 Å². The number of anilines is 1. The summed E-state index contributed by atoms with van der Waals surface area (Å²) in [4.78, 5) is 14.4. The van der Waals surface area contributed by atoms with Gasteiger partial charge in [-0.05, 0) is 41.5 Å². The van der Waals surface area contributed by atoms with Crippen molar-refractivity contribution in [2.75, 3.05) is 32.2 Å². The second kappa shape index (κ2) is 7.54. The van der Waals surface area contributed by atoms with Gasteiger partial charge in [-0.3, -0.25) is 4.98 Å². The molecule has 6 nitrogen and oxygen atoms in total. The van der Waals surface area contributed by atoms with Gasteiger partial charge in [0.15, 0.2) is 11.6 Å². The Morgan fingerprint density at radius 1 is 1.17 bits per heavy atom. The quantitative estimate of drug-likeness (QED) is 0.518. The van der Waals surface area contributed by atoms with E-state index in [1.165, 1.54) is 0 Å². The molecule has 1 N–H and O–H groups in total. The Bertz CT molecular complexity index is 1240. The van der Waals surface area contributed by atoms with E-state index < -0.39 is 0 Å². The van der Waals surface area contributed by atoms with Gasteiger partial charge in [-0.2, -0.15) is 0 Å². The molecule has 4 aromatic rings. The number of H-pyrrole nitrogens is 1. The normalized spacial score (nSPS) is 13.2. The van der Waals surface area contributed by atoms with Crippen molar-refractivity contribution in [1.29, 1.82) is 0 Å². The van der Waals surface area contributed by atoms with Crippen LogP contribution in [0.5, 0.6) is 11.5 Å². The smallest absolute Gasteiger partial charge is 0.171 e. The van der Waals surface area contributed by atoms with Crippen molar-refractivity contribution in [1.82, 2.24) is 15.0 Å². The molecule has 4 heterocycles. The van der Waals surface area contributed by atoms with Crippen LogP contribution in [0.15, 0.2) is 48.9 Å². The summed E-state index contributed by atoms with van der Waals surface area (Å²) in [6.07, 6.45) is 6.08. The molecular weight excluding hydrogens is 400 g/mol. The number of nitrogens with zero attached hydrogens (tertiary/aromatic N) is 3. The lowest BCUT2D eigenvalue weighted by molar-refractivity contribution is 0.309. The molecule has 0 fully saturated rings. The number of ether oxygens (including phenoxy) is 2. The van der Waals surface area contributed by atoms with Gasteiger partial charge < -0.3 is 19.4 Å². The van der Waals surface area contributed by atoms with Crippen LogP contribution in [0.1, 0.15) is 11.1 Å². The SMILES string of the molecule is COc1cncc(Cc2cc3cc(-c4cnc5c(c4)OCCN5C)[nH]c3cc2Cl)c1. The Morgan fingerprint density at radius 3 is 2.93 bits per heavy atom. The van der Waals surface area contributed by atoms with Gasteiger partial charge in [-0.25, -0.2) is 4.98 Å². The minimum atomic E-state index is 0.666. The molecule has 5 rings (SSSR count). The zero-order valence-corrected chi connectivity index (χ0v) is 17.5. The van der Waals surface area contributed by atoms with Gasteiger partial charge in [0, 0.05) is 53.0 Å². The number of aromatic amines is 1. The molecule has 0 saturated carbocycles. The number of likely N-dealkylation sites (N-methyl/N-ethyl adjacent to an activating group) is 1. The lowest BCUT2D eigenvalue weighted by Crippen LogP contribution is -2.29. The first-order valence-electron chi connectivity index (χ1n) is 9.74. The average molecular weight is 421 g/mol. The van der Waals surface area contributed by atoms with Gasteiger partial charge in [0.25, 0.3) is 0 Å². The molecule has 1 aromatic carbocycles. The zero-order chi connectivity index (χ0) is 20.7. The van der Waals surface area contributed by atoms with Gasteiger partial charge >= 0.3 is 0 Å². The molecule has 0 saturated heterocycles. The minimum Gasteiger partial charge on any atom is -0.495 e. The van der Waals surface area contributed by atoms with Gasteiger partial charge in [-0.15, -0.1) is 0 Å². The number of nitrogens with one attached hydrogen (secondary N) is 1. The third kappa shape index (κ3) is 3.44. The summed E-state index contributed by atoms with van der Waals surface area (Å²) >= 11 is 6.58. The lowest BCUT2D eigenvalue weighted by Gasteiger charge is -2.26. The first-order chi connectivity index (χ1) is 14.6. The van der Waals surface area contributed by atoms with E-state index in [0.29, 0.717) is 18.1 Å². The molecule has 0 spiro atoms. The first-order valence-corrected chi connectivity index (χ1v) is 10.1. The number of fused-ring (bicyclic) bond motifs is 2. The fraction of sp³-hybridized carbons (Fsp3) is 0.217. The summed E-state index contributed by atoms with van der Waals surface area (Å²) in [5.41, 5.74) is 5.03. The van der Waals surface area contributed by atoms with E-state index in [2.05, 4.69) is 32.0 Å². The van der Waals surface area contributed by atoms with Crippen LogP contribution in [-0.4, -0.2) is 42.3 Å². The topological polar surface area (TPSA) is 63.3 Å². The fourth-order valence-electron chi connectivity index (χ4n) is 3.76. The van der Waals surface area contributed by atoms with Gasteiger partial charge in [0.2, 0.25) is 0 Å². The summed E-state index contributed by atoms with van der Waals surface area (Å²) in [7, 11) is 3.66. The van der Waals surface area contributed by atoms with Crippen LogP contribution >= 0.6 is 11.6 Å². The number of benzene rings is 1. The summed E-state index contributed by atoms with van der Waals surface area (Å²) in [6, 6.07) is 10.2. The van der Waals surface area contributed by atoms with E-state index in [-0.39, 0.29) is 0 Å². The third-order valence-corrected chi connectivity index (χ3v) is 5.73. The highest BCUT2D eigenvalue weighted by Gasteiger charge is 2.18. The van der Waals surface area contributed by atoms with E-state index in [1.807, 2.05) is 37.6 Å². The Balaban J connectivity index is 1.49. The number of pyridine rings is 2. The predicted octanol–water partition coefficient (Wildman–Crippen LogP) is 4.71. The van der Waals surface area contributed by atoms with Crippen LogP contribution < -0.4 is 14.4 Å². The lowest BCUT2D eigenvalue weighted by atomic mass is 10.0. The van der Waals surface area contributed by atoms with Crippen molar-refractivity contribution >= 4 is 28.3 Å². The minimum absolute atomic E-state index is 0.666. The van der Waals surface area contributed by atoms with E-state index >= 15 is 0 Å². The second-order valence-electron chi connectivity index (χ2n) is 7.44. The van der Waals surface area contributed by atoms with Crippen LogP contribution in [0.3, 0.4) is 0 Å². The van der Waals surface area contributed by atoms with E-state index in [9.17, 15) is 0 Å². The Kier molecular flexibility index (Phi) is 4.71. The standard InChI is InChI=1S/C23H21ClN4O2/c1-28-3-4-30-22-9-17(12-26-23(22)28)20-8-16-7-15(19(24)10-21(16)27-20)5-14-6-18(29-2)13-25-11-14/h6-13,27H,3-5H2,1-2H3. The monoisotopic (exact) mass is 420 g/mol. The molecule has 0 radical (unpaired) electrons. The van der Waals surface area contributed by atoms with Crippen molar-refractivity contribution in [3.8, 4) is 22.8 Å². The molecule has 3 aromatic heterocycles. The van der Waals surface area contributed by atoms with E-state index in [0.717, 1.165) is 57.1 Å². The second-order valence-corrected chi connectivity index (χ2v) is 7.85. The van der Waals surface area contributed by atoms with Crippen molar-refractivity contribution in [2.45, 2.75) is 6.42 Å². The number of halogens is 1. The molecule has 0 aliphatic carbocycles. The molecule has 30 heavy (non-hydrogen) atoms. The van der Waals surface area contributed by atoms with Gasteiger partial charge in [-0.1, -0.05) is 11.6 Å². The zero-order valence-electron chi connectivity index (χ0n) is 16.8. The number of methoxy groups -OCH3 is 1. The summed E-state index contributed by atoms with van der Waals surface area (Å²) in [6.45, 7) is 1.51. The number of rotatable bonds is 4. The molecule has 7 heteroatoms. The molecule has 0 bridgehead atoms. The van der Waals surface area contributed by atoms with Crippen LogP contribution in [0.4, 0.5) is 5.82 Å². The highest BCUT2D eigenvalue weighted by molar-refractivity contribution is 6.32. The number of hydrogen-bond donors (Lipinski definition) is 1. The predicted molar refractivity (Wildman–Crippen MR) is 119 cm³/mol. The van der Waals surface area contributed by atoms with Crippen molar-refractivity contribution in [2.24, 2.45) is 0 Å². The molecule has 0 unspecified atom stereocenters. The fourth-order valence-corrected chi connectivity index (χ4v) is 3.99. The number of aromatic nitrogens is 3. The van der Waals surface area contributed by atoms with Crippen LogP contribution in [0.2, 0.25) is 5.02 Å². The maximum atomic E-state index is 6.58. The van der Waals surface area contributed by atoms with Crippen LogP contribution in [0, 0.1) is 0 Å². The summed E-state index contributed by atoms with van der Waals surface area (Å²) < 4.78 is 11.1. The molecular formula is C23H21ClN4O2. The molecule has 0 amide bonds. The molecule has 152 valence electrons. The maximum absolute atomic E-state index is 6.58. The van der Waals surface area contributed by atoms with Crippen LogP contribution in [-0.2, 0) is 6.42 Å². The summed E-state index contributed by atoms with van der Waals surface area (Å²) in [5, 5.41) is 1.81. The summed E-state index contributed by atoms with van der Waals surface area (Å²) in [5.74, 6) is 2.42. The molecule has 1 aliphatic heterocycles. The molecule has 0 atom stereocenters. The maximum Gasteiger partial charge on any atom is 0.171 e. The Hall–Kier alpha value is -3.25. The average Bonchev–Trinajstić information content (AvgIpc) is 3.17. The first kappa shape index (κ1) is 18.8. The Morgan fingerprint density at radius 2 is 2.07 bits per heavy atom. The van der Waals surface area contributed by atoms with Crippen molar-refractivity contribution in [3.63, 3.8) is 0 Å². The van der Waals surface area contributed by atoms with Crippen molar-refractivity contribution in [3.05, 3.63) is 65.1 Å². The molecule has 1 aliphatic rings. The van der Waals surface area contributed by atoms with E-state index in [4.69, 9.17) is 21.1 Å². The highest BCUT2D eigenvalue weighted by atomic mass is 35.5. The van der Waals surface area contributed by atoms with Gasteiger partial charge in [0.05, 0.1) is 19.9 Å². The largest absolute Gasteiger partial charge is 0.495 e. The van der Waals surface area contributed by atoms with Crippen LogP contribution in [0.25, 0.3) is 22.2 Å². The van der Waals surface area contributed by atoms with E-state index in [1.54, 1.807) is 13.3 Å². The number of hydrogen-bond acceptors (Lipinski definition) is 5.